The fourth-order valence-electron chi connectivity index (χ4n) is 2.87. The fraction of sp³-hybridized carbons (Fsp3) is 0.417. The van der Waals surface area contributed by atoms with Crippen molar-refractivity contribution in [1.29, 1.82) is 0 Å². The van der Waals surface area contributed by atoms with Crippen LogP contribution in [-0.4, -0.2) is 35.9 Å². The molecule has 0 aromatic heterocycles. The van der Waals surface area contributed by atoms with Gasteiger partial charge in [0.05, 0.1) is 0 Å². The van der Waals surface area contributed by atoms with Crippen molar-refractivity contribution in [2.24, 2.45) is 5.92 Å². The molecule has 5 nitrogen and oxygen atoms in total. The van der Waals surface area contributed by atoms with E-state index in [9.17, 15) is 9.59 Å². The van der Waals surface area contributed by atoms with Crippen molar-refractivity contribution < 1.29 is 14.3 Å². The van der Waals surface area contributed by atoms with E-state index in [2.05, 4.69) is 5.32 Å². The quantitative estimate of drug-likeness (QED) is 0.700. The maximum atomic E-state index is 13.0. The summed E-state index contributed by atoms with van der Waals surface area (Å²) < 4.78 is 5.68. The van der Waals surface area contributed by atoms with E-state index in [1.807, 2.05) is 76.2 Å². The van der Waals surface area contributed by atoms with Crippen LogP contribution in [0.1, 0.15) is 37.5 Å². The number of nitrogens with zero attached hydrogens (tertiary/aromatic N) is 1. The molecule has 0 aliphatic heterocycles. The smallest absolute Gasteiger partial charge is 0.261 e. The summed E-state index contributed by atoms with van der Waals surface area (Å²) in [5.41, 5.74) is 3.22. The standard InChI is InChI=1S/C24H32N2O3/c1-17(2)14-25-24(28)20(5)26(15-21-9-7-6-8-19(21)4)23(27)16-29-22-12-10-18(3)11-13-22/h6-13,17,20H,14-16H2,1-5H3,(H,25,28). The van der Waals surface area contributed by atoms with E-state index in [4.69, 9.17) is 4.74 Å². The maximum Gasteiger partial charge on any atom is 0.261 e. The lowest BCUT2D eigenvalue weighted by Crippen LogP contribution is -2.49. The van der Waals surface area contributed by atoms with E-state index < -0.39 is 6.04 Å². The van der Waals surface area contributed by atoms with E-state index in [0.29, 0.717) is 24.8 Å². The van der Waals surface area contributed by atoms with E-state index in [1.54, 1.807) is 11.8 Å². The van der Waals surface area contributed by atoms with Crippen LogP contribution in [0.25, 0.3) is 0 Å². The van der Waals surface area contributed by atoms with Crippen molar-refractivity contribution in [2.75, 3.05) is 13.2 Å². The molecule has 0 bridgehead atoms. The summed E-state index contributed by atoms with van der Waals surface area (Å²) in [6, 6.07) is 14.9. The summed E-state index contributed by atoms with van der Waals surface area (Å²) in [6.07, 6.45) is 0. The van der Waals surface area contributed by atoms with Gasteiger partial charge < -0.3 is 15.0 Å². The molecule has 2 aromatic carbocycles. The van der Waals surface area contributed by atoms with Crippen LogP contribution in [0, 0.1) is 19.8 Å². The number of carbonyl (C=O) groups excluding carboxylic acids is 2. The van der Waals surface area contributed by atoms with Gasteiger partial charge in [-0.1, -0.05) is 55.8 Å². The van der Waals surface area contributed by atoms with Crippen molar-refractivity contribution >= 4 is 11.8 Å². The highest BCUT2D eigenvalue weighted by molar-refractivity contribution is 5.88. The van der Waals surface area contributed by atoms with Crippen LogP contribution in [0.15, 0.2) is 48.5 Å². The predicted octanol–water partition coefficient (Wildman–Crippen LogP) is 3.87. The van der Waals surface area contributed by atoms with Crippen molar-refractivity contribution in [2.45, 2.75) is 47.2 Å². The summed E-state index contributed by atoms with van der Waals surface area (Å²) in [7, 11) is 0. The second kappa shape index (κ2) is 10.6. The van der Waals surface area contributed by atoms with Crippen LogP contribution >= 0.6 is 0 Å². The molecule has 0 fully saturated rings. The number of ether oxygens (including phenoxy) is 1. The van der Waals surface area contributed by atoms with Gasteiger partial charge in [0.15, 0.2) is 6.61 Å². The second-order valence-corrected chi connectivity index (χ2v) is 7.86. The molecule has 1 N–H and O–H groups in total. The van der Waals surface area contributed by atoms with Gasteiger partial charge in [0, 0.05) is 13.1 Å². The Morgan fingerprint density at radius 1 is 1.00 bits per heavy atom. The van der Waals surface area contributed by atoms with Gasteiger partial charge >= 0.3 is 0 Å². The Kier molecular flexibility index (Phi) is 8.25. The van der Waals surface area contributed by atoms with E-state index in [1.165, 1.54) is 0 Å². The molecular weight excluding hydrogens is 364 g/mol. The average Bonchev–Trinajstić information content (AvgIpc) is 2.70. The van der Waals surface area contributed by atoms with Gasteiger partial charge in [0.25, 0.3) is 5.91 Å². The highest BCUT2D eigenvalue weighted by atomic mass is 16.5. The number of nitrogens with one attached hydrogen (secondary N) is 1. The molecule has 2 rings (SSSR count). The third-order valence-electron chi connectivity index (χ3n) is 4.84. The van der Waals surface area contributed by atoms with Gasteiger partial charge in [-0.05, 0) is 49.9 Å². The van der Waals surface area contributed by atoms with Crippen molar-refractivity contribution in [3.05, 3.63) is 65.2 Å². The molecule has 0 aliphatic carbocycles. The lowest BCUT2D eigenvalue weighted by atomic mass is 10.1. The molecule has 2 aromatic rings. The zero-order valence-electron chi connectivity index (χ0n) is 18.1. The number of benzene rings is 2. The van der Waals surface area contributed by atoms with Crippen molar-refractivity contribution in [3.8, 4) is 5.75 Å². The molecule has 2 amide bonds. The maximum absolute atomic E-state index is 13.0. The first-order valence-electron chi connectivity index (χ1n) is 10.1. The van der Waals surface area contributed by atoms with E-state index >= 15 is 0 Å². The molecule has 0 aliphatic rings. The molecule has 1 unspecified atom stereocenters. The zero-order valence-corrected chi connectivity index (χ0v) is 18.1. The molecule has 0 spiro atoms. The largest absolute Gasteiger partial charge is 0.484 e. The van der Waals surface area contributed by atoms with Crippen LogP contribution in [0.2, 0.25) is 0 Å². The lowest BCUT2D eigenvalue weighted by Gasteiger charge is -2.29. The Bertz CT molecular complexity index is 815. The van der Waals surface area contributed by atoms with Crippen LogP contribution in [0.5, 0.6) is 5.75 Å². The predicted molar refractivity (Wildman–Crippen MR) is 116 cm³/mol. The molecule has 0 radical (unpaired) electrons. The van der Waals surface area contributed by atoms with Crippen LogP contribution in [0.3, 0.4) is 0 Å². The third kappa shape index (κ3) is 6.93. The average molecular weight is 397 g/mol. The SMILES string of the molecule is Cc1ccc(OCC(=O)N(Cc2ccccc2C)C(C)C(=O)NCC(C)C)cc1. The summed E-state index contributed by atoms with van der Waals surface area (Å²) >= 11 is 0. The fourth-order valence-corrected chi connectivity index (χ4v) is 2.87. The normalized spacial score (nSPS) is 11.8. The first-order valence-corrected chi connectivity index (χ1v) is 10.1. The molecule has 156 valence electrons. The minimum absolute atomic E-state index is 0.114. The number of rotatable bonds is 9. The van der Waals surface area contributed by atoms with Gasteiger partial charge in [-0.2, -0.15) is 0 Å². The van der Waals surface area contributed by atoms with Crippen molar-refractivity contribution in [1.82, 2.24) is 10.2 Å². The summed E-state index contributed by atoms with van der Waals surface area (Å²) in [5.74, 6) is 0.602. The number of hydrogen-bond acceptors (Lipinski definition) is 3. The first-order chi connectivity index (χ1) is 13.8. The van der Waals surface area contributed by atoms with Gasteiger partial charge in [-0.25, -0.2) is 0 Å². The number of carbonyl (C=O) groups is 2. The summed E-state index contributed by atoms with van der Waals surface area (Å²) in [6.45, 7) is 10.7. The van der Waals surface area contributed by atoms with Crippen LogP contribution < -0.4 is 10.1 Å². The van der Waals surface area contributed by atoms with Gasteiger partial charge in [0.2, 0.25) is 5.91 Å². The van der Waals surface area contributed by atoms with Crippen LogP contribution in [-0.2, 0) is 16.1 Å². The zero-order chi connectivity index (χ0) is 21.4. The highest BCUT2D eigenvalue weighted by Crippen LogP contribution is 2.15. The molecule has 0 heterocycles. The van der Waals surface area contributed by atoms with E-state index in [-0.39, 0.29) is 18.4 Å². The topological polar surface area (TPSA) is 58.6 Å². The summed E-state index contributed by atoms with van der Waals surface area (Å²) in [5, 5.41) is 2.92. The molecule has 5 heteroatoms. The Hall–Kier alpha value is -2.82. The van der Waals surface area contributed by atoms with Gasteiger partial charge in [-0.15, -0.1) is 0 Å². The molecule has 29 heavy (non-hydrogen) atoms. The van der Waals surface area contributed by atoms with Gasteiger partial charge in [-0.3, -0.25) is 9.59 Å². The van der Waals surface area contributed by atoms with Crippen LogP contribution in [0.4, 0.5) is 0 Å². The third-order valence-corrected chi connectivity index (χ3v) is 4.84. The first kappa shape index (κ1) is 22.5. The van der Waals surface area contributed by atoms with Gasteiger partial charge in [0.1, 0.15) is 11.8 Å². The number of aryl methyl sites for hydroxylation is 2. The highest BCUT2D eigenvalue weighted by Gasteiger charge is 2.26. The molecule has 1 atom stereocenters. The number of amides is 2. The molecular formula is C24H32N2O3. The molecule has 0 saturated carbocycles. The monoisotopic (exact) mass is 396 g/mol. The minimum Gasteiger partial charge on any atom is -0.484 e. The number of hydrogen-bond donors (Lipinski definition) is 1. The molecule has 0 saturated heterocycles. The lowest BCUT2D eigenvalue weighted by molar-refractivity contribution is -0.142. The Morgan fingerprint density at radius 2 is 1.66 bits per heavy atom. The van der Waals surface area contributed by atoms with Crippen molar-refractivity contribution in [3.63, 3.8) is 0 Å². The second-order valence-electron chi connectivity index (χ2n) is 7.86. The van der Waals surface area contributed by atoms with E-state index in [0.717, 1.165) is 16.7 Å². The summed E-state index contributed by atoms with van der Waals surface area (Å²) in [4.78, 5) is 27.2. The Morgan fingerprint density at radius 3 is 2.28 bits per heavy atom. The Balaban J connectivity index is 2.13. The minimum atomic E-state index is -0.595. The Labute approximate surface area is 174 Å².